The van der Waals surface area contributed by atoms with Crippen molar-refractivity contribution in [2.45, 2.75) is 6.42 Å². The Bertz CT molecular complexity index is 1440. The van der Waals surface area contributed by atoms with E-state index in [1.54, 1.807) is 28.8 Å². The van der Waals surface area contributed by atoms with Crippen molar-refractivity contribution in [3.8, 4) is 17.3 Å². The van der Waals surface area contributed by atoms with Crippen molar-refractivity contribution in [3.05, 3.63) is 78.2 Å². The molecule has 9 heteroatoms. The monoisotopic (exact) mass is 444 g/mol. The van der Waals surface area contributed by atoms with Gasteiger partial charge in [-0.15, -0.1) is 15.3 Å². The van der Waals surface area contributed by atoms with Gasteiger partial charge in [0.15, 0.2) is 11.5 Å². The van der Waals surface area contributed by atoms with Gasteiger partial charge in [-0.1, -0.05) is 18.2 Å². The molecule has 8 nitrogen and oxygen atoms in total. The summed E-state index contributed by atoms with van der Waals surface area (Å²) in [6.45, 7) is 0.601. The first kappa shape index (κ1) is 20.6. The summed E-state index contributed by atoms with van der Waals surface area (Å²) in [5.41, 5.74) is 3.32. The van der Waals surface area contributed by atoms with Crippen molar-refractivity contribution in [2.24, 2.45) is 7.05 Å². The average molecular weight is 444 g/mol. The van der Waals surface area contributed by atoms with Gasteiger partial charge in [0.25, 0.3) is 0 Å². The molecule has 0 saturated carbocycles. The van der Waals surface area contributed by atoms with E-state index in [0.717, 1.165) is 16.5 Å². The number of carbonyl (C=O) groups is 1. The van der Waals surface area contributed by atoms with Crippen LogP contribution in [-0.2, 0) is 18.3 Å². The third kappa shape index (κ3) is 4.25. The van der Waals surface area contributed by atoms with Gasteiger partial charge in [0.2, 0.25) is 11.8 Å². The maximum atomic E-state index is 13.2. The van der Waals surface area contributed by atoms with Crippen LogP contribution in [0.3, 0.4) is 0 Å². The minimum absolute atomic E-state index is 0.0734. The largest absolute Gasteiger partial charge is 0.475 e. The van der Waals surface area contributed by atoms with Crippen LogP contribution in [0.5, 0.6) is 5.88 Å². The maximum Gasteiger partial charge on any atom is 0.231 e. The second-order valence-electron chi connectivity index (χ2n) is 7.63. The van der Waals surface area contributed by atoms with Crippen molar-refractivity contribution in [3.63, 3.8) is 0 Å². The van der Waals surface area contributed by atoms with Crippen molar-refractivity contribution < 1.29 is 13.9 Å². The summed E-state index contributed by atoms with van der Waals surface area (Å²) in [6.07, 6.45) is 2.28. The summed E-state index contributed by atoms with van der Waals surface area (Å²) in [5.74, 6) is 0.454. The Morgan fingerprint density at radius 3 is 2.73 bits per heavy atom. The number of hydrogen-bond donors (Lipinski definition) is 1. The molecule has 0 radical (unpaired) electrons. The first-order chi connectivity index (χ1) is 16.1. The van der Waals surface area contributed by atoms with E-state index in [9.17, 15) is 9.18 Å². The molecule has 1 N–H and O–H groups in total. The highest BCUT2D eigenvalue weighted by Crippen LogP contribution is 2.21. The molecule has 3 aromatic heterocycles. The molecule has 33 heavy (non-hydrogen) atoms. The number of aryl methyl sites for hydroxylation is 1. The quantitative estimate of drug-likeness (QED) is 0.390. The standard InChI is InChI=1S/C24H21FN6O2/c1-30-15-17(19-4-2-3-5-20(19)30)14-22(32)26-12-13-33-23-11-10-21-27-28-24(31(21)29-23)16-6-8-18(25)9-7-16/h2-11,15H,12-14H2,1H3,(H,26,32). The smallest absolute Gasteiger partial charge is 0.231 e. The lowest BCUT2D eigenvalue weighted by molar-refractivity contribution is -0.120. The lowest BCUT2D eigenvalue weighted by atomic mass is 10.1. The molecule has 0 atom stereocenters. The van der Waals surface area contributed by atoms with Crippen LogP contribution in [0.4, 0.5) is 4.39 Å². The molecule has 0 aliphatic rings. The molecule has 0 aliphatic carbocycles. The number of aromatic nitrogens is 5. The number of nitrogens with one attached hydrogen (secondary N) is 1. The van der Waals surface area contributed by atoms with Gasteiger partial charge in [-0.05, 0) is 42.0 Å². The molecule has 0 aliphatic heterocycles. The van der Waals surface area contributed by atoms with Crippen molar-refractivity contribution in [1.29, 1.82) is 0 Å². The van der Waals surface area contributed by atoms with Crippen molar-refractivity contribution in [1.82, 2.24) is 29.7 Å². The number of halogens is 1. The fourth-order valence-corrected chi connectivity index (χ4v) is 3.78. The number of nitrogens with zero attached hydrogens (tertiary/aromatic N) is 5. The second-order valence-corrected chi connectivity index (χ2v) is 7.63. The van der Waals surface area contributed by atoms with Crippen molar-refractivity contribution >= 4 is 22.5 Å². The Kier molecular flexibility index (Phi) is 5.43. The van der Waals surface area contributed by atoms with E-state index >= 15 is 0 Å². The Hall–Kier alpha value is -4.27. The number of hydrogen-bond acceptors (Lipinski definition) is 5. The summed E-state index contributed by atoms with van der Waals surface area (Å²) in [4.78, 5) is 12.4. The first-order valence-corrected chi connectivity index (χ1v) is 10.5. The molecule has 0 fully saturated rings. The SMILES string of the molecule is Cn1cc(CC(=O)NCCOc2ccc3nnc(-c4ccc(F)cc4)n3n2)c2ccccc21. The molecule has 3 heterocycles. The predicted octanol–water partition coefficient (Wildman–Crippen LogP) is 3.16. The number of amides is 1. The summed E-state index contributed by atoms with van der Waals surface area (Å²) in [7, 11) is 1.97. The number of fused-ring (bicyclic) bond motifs is 2. The number of ether oxygens (including phenoxy) is 1. The number of rotatable bonds is 7. The Balaban J connectivity index is 1.19. The van der Waals surface area contributed by atoms with Crippen LogP contribution < -0.4 is 10.1 Å². The summed E-state index contributed by atoms with van der Waals surface area (Å²) < 4.78 is 22.5. The summed E-state index contributed by atoms with van der Waals surface area (Å²) in [5, 5.41) is 16.6. The average Bonchev–Trinajstić information content (AvgIpc) is 3.38. The molecule has 0 bridgehead atoms. The van der Waals surface area contributed by atoms with Crippen LogP contribution in [-0.4, -0.2) is 43.4 Å². The first-order valence-electron chi connectivity index (χ1n) is 10.5. The topological polar surface area (TPSA) is 86.3 Å². The van der Waals surface area contributed by atoms with Crippen LogP contribution in [0.25, 0.3) is 27.9 Å². The number of para-hydroxylation sites is 1. The third-order valence-electron chi connectivity index (χ3n) is 5.35. The van der Waals surface area contributed by atoms with Gasteiger partial charge >= 0.3 is 0 Å². The Morgan fingerprint density at radius 2 is 1.88 bits per heavy atom. The maximum absolute atomic E-state index is 13.2. The lowest BCUT2D eigenvalue weighted by Crippen LogP contribution is -2.29. The summed E-state index contributed by atoms with van der Waals surface area (Å²) >= 11 is 0. The third-order valence-corrected chi connectivity index (χ3v) is 5.35. The van der Waals surface area contributed by atoms with E-state index in [1.165, 1.54) is 12.1 Å². The highest BCUT2D eigenvalue weighted by molar-refractivity contribution is 5.89. The minimum Gasteiger partial charge on any atom is -0.475 e. The van der Waals surface area contributed by atoms with E-state index in [-0.39, 0.29) is 18.3 Å². The molecule has 1 amide bonds. The molecular weight excluding hydrogens is 423 g/mol. The fraction of sp³-hybridized carbons (Fsp3) is 0.167. The van der Waals surface area contributed by atoms with Crippen LogP contribution in [0.2, 0.25) is 0 Å². The van der Waals surface area contributed by atoms with Gasteiger partial charge in [-0.2, -0.15) is 4.52 Å². The molecule has 0 unspecified atom stereocenters. The van der Waals surface area contributed by atoms with E-state index in [4.69, 9.17) is 4.74 Å². The number of carbonyl (C=O) groups excluding carboxylic acids is 1. The molecule has 0 spiro atoms. The minimum atomic E-state index is -0.327. The normalized spacial score (nSPS) is 11.2. The van der Waals surface area contributed by atoms with Gasteiger partial charge < -0.3 is 14.6 Å². The predicted molar refractivity (Wildman–Crippen MR) is 121 cm³/mol. The molecular formula is C24H21FN6O2. The fourth-order valence-electron chi connectivity index (χ4n) is 3.78. The van der Waals surface area contributed by atoms with Crippen molar-refractivity contribution in [2.75, 3.05) is 13.2 Å². The molecule has 5 aromatic rings. The summed E-state index contributed by atoms with van der Waals surface area (Å²) in [6, 6.07) is 17.4. The molecule has 0 saturated heterocycles. The van der Waals surface area contributed by atoms with Gasteiger partial charge in [-0.25, -0.2) is 4.39 Å². The van der Waals surface area contributed by atoms with Crippen LogP contribution >= 0.6 is 0 Å². The zero-order valence-electron chi connectivity index (χ0n) is 17.9. The van der Waals surface area contributed by atoms with Crippen LogP contribution in [0.15, 0.2) is 66.9 Å². The zero-order chi connectivity index (χ0) is 22.8. The van der Waals surface area contributed by atoms with Gasteiger partial charge in [0.05, 0.1) is 13.0 Å². The highest BCUT2D eigenvalue weighted by atomic mass is 19.1. The van der Waals surface area contributed by atoms with E-state index in [0.29, 0.717) is 35.9 Å². The molecule has 2 aromatic carbocycles. The van der Waals surface area contributed by atoms with E-state index in [2.05, 4.69) is 20.6 Å². The Morgan fingerprint density at radius 1 is 1.06 bits per heavy atom. The van der Waals surface area contributed by atoms with Crippen LogP contribution in [0.1, 0.15) is 5.56 Å². The van der Waals surface area contributed by atoms with Gasteiger partial charge in [0.1, 0.15) is 12.4 Å². The highest BCUT2D eigenvalue weighted by Gasteiger charge is 2.12. The second kappa shape index (κ2) is 8.70. The van der Waals surface area contributed by atoms with Gasteiger partial charge in [0, 0.05) is 35.8 Å². The van der Waals surface area contributed by atoms with E-state index < -0.39 is 0 Å². The van der Waals surface area contributed by atoms with E-state index in [1.807, 2.05) is 42.1 Å². The molecule has 5 rings (SSSR count). The number of benzene rings is 2. The lowest BCUT2D eigenvalue weighted by Gasteiger charge is -2.08. The van der Waals surface area contributed by atoms with Crippen LogP contribution in [0, 0.1) is 5.82 Å². The Labute approximate surface area is 188 Å². The van der Waals surface area contributed by atoms with Gasteiger partial charge in [-0.3, -0.25) is 4.79 Å². The molecule has 166 valence electrons. The zero-order valence-corrected chi connectivity index (χ0v) is 17.9.